The topological polar surface area (TPSA) is 83.6 Å². The molecule has 1 unspecified atom stereocenters. The molecule has 1 aliphatic rings. The van der Waals surface area contributed by atoms with Gasteiger partial charge in [-0.2, -0.15) is 4.39 Å². The maximum absolute atomic E-state index is 13.9. The molecule has 17 heavy (non-hydrogen) atoms. The van der Waals surface area contributed by atoms with Gasteiger partial charge in [0, 0.05) is 6.54 Å². The molecule has 0 saturated heterocycles. The van der Waals surface area contributed by atoms with E-state index in [9.17, 15) is 14.0 Å². The summed E-state index contributed by atoms with van der Waals surface area (Å²) in [6.45, 7) is 1.74. The number of allylic oxidation sites excluding steroid dienone is 2. The Hall–Kier alpha value is -1.37. The fourth-order valence-electron chi connectivity index (χ4n) is 1.78. The van der Waals surface area contributed by atoms with Gasteiger partial charge in [-0.3, -0.25) is 9.59 Å². The number of carboxylic acids is 1. The molecule has 0 aliphatic carbocycles. The van der Waals surface area contributed by atoms with Gasteiger partial charge in [0.25, 0.3) is 0 Å². The first kappa shape index (κ1) is 13.7. The number of likely N-dealkylation sites (N-methyl/N-ethyl adjacent to an activating group) is 1. The van der Waals surface area contributed by atoms with Gasteiger partial charge in [0.1, 0.15) is 5.54 Å². The number of amides is 1. The second-order valence-electron chi connectivity index (χ2n) is 3.58. The van der Waals surface area contributed by atoms with E-state index in [4.69, 9.17) is 10.8 Å². The van der Waals surface area contributed by atoms with Crippen LogP contribution in [0.1, 0.15) is 13.3 Å². The van der Waals surface area contributed by atoms with Crippen LogP contribution in [0, 0.1) is 0 Å². The van der Waals surface area contributed by atoms with Gasteiger partial charge in [0.05, 0.1) is 10.9 Å². The Morgan fingerprint density at radius 1 is 1.65 bits per heavy atom. The van der Waals surface area contributed by atoms with E-state index in [-0.39, 0.29) is 11.0 Å². The van der Waals surface area contributed by atoms with E-state index in [1.165, 1.54) is 12.2 Å². The highest BCUT2D eigenvalue weighted by Gasteiger charge is 2.45. The second-order valence-corrected chi connectivity index (χ2v) is 4.43. The average Bonchev–Trinajstić information content (AvgIpc) is 2.23. The lowest BCUT2D eigenvalue weighted by molar-refractivity contribution is -0.143. The minimum Gasteiger partial charge on any atom is -0.481 e. The van der Waals surface area contributed by atoms with E-state index in [0.717, 1.165) is 4.90 Å². The van der Waals surface area contributed by atoms with Gasteiger partial charge in [-0.25, -0.2) is 0 Å². The number of aliphatic carboxylic acids is 1. The summed E-state index contributed by atoms with van der Waals surface area (Å²) in [6.07, 6.45) is 2.02. The summed E-state index contributed by atoms with van der Waals surface area (Å²) in [5, 5.41) is 8.83. The summed E-state index contributed by atoms with van der Waals surface area (Å²) < 4.78 is 14.0. The van der Waals surface area contributed by atoms with Crippen molar-refractivity contribution in [2.75, 3.05) is 6.54 Å². The normalized spacial score (nSPS) is 24.1. The molecule has 0 aromatic heterocycles. The Balaban J connectivity index is 3.28. The molecule has 0 fully saturated rings. The predicted octanol–water partition coefficient (Wildman–Crippen LogP) is 1.11. The summed E-state index contributed by atoms with van der Waals surface area (Å²) in [4.78, 5) is 23.3. The van der Waals surface area contributed by atoms with Gasteiger partial charge in [-0.1, -0.05) is 0 Å². The second kappa shape index (κ2) is 4.87. The first-order chi connectivity index (χ1) is 7.85. The van der Waals surface area contributed by atoms with Crippen molar-refractivity contribution in [3.8, 4) is 0 Å². The molecule has 1 aliphatic heterocycles. The molecule has 0 aromatic rings. The van der Waals surface area contributed by atoms with Crippen molar-refractivity contribution in [3.05, 3.63) is 22.6 Å². The molecule has 3 N–H and O–H groups in total. The van der Waals surface area contributed by atoms with Crippen LogP contribution in [0.2, 0.25) is 0 Å². The van der Waals surface area contributed by atoms with Crippen LogP contribution in [-0.2, 0) is 9.59 Å². The molecule has 1 heterocycles. The lowest BCUT2D eigenvalue weighted by atomic mass is 9.89. The smallest absolute Gasteiger partial charge is 0.306 e. The molecule has 1 rings (SSSR count). The third-order valence-electron chi connectivity index (χ3n) is 2.58. The number of primary amides is 1. The number of halogens is 2. The van der Waals surface area contributed by atoms with E-state index in [0.29, 0.717) is 0 Å². The minimum atomic E-state index is -1.65. The lowest BCUT2D eigenvalue weighted by Crippen LogP contribution is -2.57. The number of rotatable bonds is 4. The molecule has 94 valence electrons. The summed E-state index contributed by atoms with van der Waals surface area (Å²) in [5.74, 6) is -2.82. The van der Waals surface area contributed by atoms with E-state index in [2.05, 4.69) is 15.9 Å². The highest BCUT2D eigenvalue weighted by molar-refractivity contribution is 9.11. The third kappa shape index (κ3) is 2.33. The van der Waals surface area contributed by atoms with Gasteiger partial charge in [0.2, 0.25) is 11.9 Å². The van der Waals surface area contributed by atoms with Crippen LogP contribution in [0.15, 0.2) is 22.6 Å². The molecular formula is C10H12BrFN2O3. The highest BCUT2D eigenvalue weighted by atomic mass is 79.9. The largest absolute Gasteiger partial charge is 0.481 e. The number of carboxylic acid groups (broad SMARTS) is 1. The first-order valence-corrected chi connectivity index (χ1v) is 5.68. The Kier molecular flexibility index (Phi) is 3.92. The lowest BCUT2D eigenvalue weighted by Gasteiger charge is -2.40. The maximum atomic E-state index is 13.9. The zero-order chi connectivity index (χ0) is 13.2. The standard InChI is InChI=1S/C10H12BrFN2O3/c1-2-14-8(12)6(11)3-4-10(14,9(13)17)5-7(15)16/h3-4H,2,5H2,1H3,(H2,13,17)(H,15,16). The van der Waals surface area contributed by atoms with Crippen molar-refractivity contribution >= 4 is 27.8 Å². The molecule has 5 nitrogen and oxygen atoms in total. The van der Waals surface area contributed by atoms with E-state index in [1.807, 2.05) is 0 Å². The number of hydrogen-bond donors (Lipinski definition) is 2. The third-order valence-corrected chi connectivity index (χ3v) is 3.18. The van der Waals surface area contributed by atoms with Gasteiger partial charge < -0.3 is 15.7 Å². The molecular weight excluding hydrogens is 295 g/mol. The molecule has 0 bridgehead atoms. The van der Waals surface area contributed by atoms with E-state index >= 15 is 0 Å². The summed E-state index contributed by atoms with van der Waals surface area (Å²) >= 11 is 2.98. The molecule has 7 heteroatoms. The monoisotopic (exact) mass is 306 g/mol. The van der Waals surface area contributed by atoms with Crippen molar-refractivity contribution < 1.29 is 19.1 Å². The van der Waals surface area contributed by atoms with Gasteiger partial charge in [-0.05, 0) is 35.0 Å². The fourth-order valence-corrected chi connectivity index (χ4v) is 2.13. The Bertz CT molecular complexity index is 422. The van der Waals surface area contributed by atoms with Gasteiger partial charge in [0.15, 0.2) is 0 Å². The molecule has 0 saturated carbocycles. The van der Waals surface area contributed by atoms with E-state index < -0.39 is 29.8 Å². The SMILES string of the molecule is CCN1C(F)=C(Br)C=CC1(CC(=O)O)C(N)=O. The molecule has 0 radical (unpaired) electrons. The Labute approximate surface area is 106 Å². The molecule has 0 spiro atoms. The number of nitrogens with two attached hydrogens (primary N) is 1. The number of nitrogens with zero attached hydrogens (tertiary/aromatic N) is 1. The van der Waals surface area contributed by atoms with Crippen LogP contribution in [0.5, 0.6) is 0 Å². The average molecular weight is 307 g/mol. The minimum absolute atomic E-state index is 0.126. The summed E-state index contributed by atoms with van der Waals surface area (Å²) in [5.41, 5.74) is 3.57. The predicted molar refractivity (Wildman–Crippen MR) is 62.8 cm³/mol. The van der Waals surface area contributed by atoms with Crippen LogP contribution in [0.4, 0.5) is 4.39 Å². The Morgan fingerprint density at radius 3 is 2.65 bits per heavy atom. The maximum Gasteiger partial charge on any atom is 0.306 e. The zero-order valence-corrected chi connectivity index (χ0v) is 10.7. The van der Waals surface area contributed by atoms with Crippen LogP contribution >= 0.6 is 15.9 Å². The number of carbonyl (C=O) groups is 2. The van der Waals surface area contributed by atoms with Crippen molar-refractivity contribution in [3.63, 3.8) is 0 Å². The Morgan fingerprint density at radius 2 is 2.24 bits per heavy atom. The number of hydrogen-bond acceptors (Lipinski definition) is 3. The van der Waals surface area contributed by atoms with Crippen LogP contribution in [0.3, 0.4) is 0 Å². The molecule has 0 aromatic carbocycles. The van der Waals surface area contributed by atoms with Crippen molar-refractivity contribution in [1.29, 1.82) is 0 Å². The van der Waals surface area contributed by atoms with Crippen molar-refractivity contribution in [1.82, 2.24) is 4.90 Å². The number of carbonyl (C=O) groups excluding carboxylic acids is 1. The van der Waals surface area contributed by atoms with Crippen molar-refractivity contribution in [2.24, 2.45) is 5.73 Å². The van der Waals surface area contributed by atoms with Gasteiger partial charge >= 0.3 is 5.97 Å². The fraction of sp³-hybridized carbons (Fsp3) is 0.400. The van der Waals surface area contributed by atoms with Crippen LogP contribution in [0.25, 0.3) is 0 Å². The van der Waals surface area contributed by atoms with Crippen molar-refractivity contribution in [2.45, 2.75) is 18.9 Å². The van der Waals surface area contributed by atoms with E-state index in [1.54, 1.807) is 6.92 Å². The summed E-state index contributed by atoms with van der Waals surface area (Å²) in [6, 6.07) is 0. The quantitative estimate of drug-likeness (QED) is 0.762. The van der Waals surface area contributed by atoms with Crippen LogP contribution in [-0.4, -0.2) is 34.0 Å². The highest BCUT2D eigenvalue weighted by Crippen LogP contribution is 2.34. The zero-order valence-electron chi connectivity index (χ0n) is 9.11. The molecule has 1 atom stereocenters. The summed E-state index contributed by atoms with van der Waals surface area (Å²) in [7, 11) is 0. The first-order valence-electron chi connectivity index (χ1n) is 4.89. The van der Waals surface area contributed by atoms with Gasteiger partial charge in [-0.15, -0.1) is 0 Å². The van der Waals surface area contributed by atoms with Crippen LogP contribution < -0.4 is 5.73 Å². The molecule has 1 amide bonds.